The Bertz CT molecular complexity index is 317. The third-order valence-electron chi connectivity index (χ3n) is 3.52. The predicted molar refractivity (Wildman–Crippen MR) is 52.2 cm³/mol. The number of amides is 1. The molecule has 4 heteroatoms. The number of carbonyl (C=O) groups excluding carboxylic acids is 1. The summed E-state index contributed by atoms with van der Waals surface area (Å²) in [4.78, 5) is 13.3. The Morgan fingerprint density at radius 3 is 3.21 bits per heavy atom. The van der Waals surface area contributed by atoms with Gasteiger partial charge in [-0.3, -0.25) is 4.79 Å². The molecule has 1 amide bonds. The Morgan fingerprint density at radius 1 is 1.71 bits per heavy atom. The van der Waals surface area contributed by atoms with Gasteiger partial charge in [-0.25, -0.2) is 0 Å². The monoisotopic (exact) mass is 213 g/mol. The summed E-state index contributed by atoms with van der Waals surface area (Å²) in [6.45, 7) is 1.50. The van der Waals surface area contributed by atoms with Crippen LogP contribution in [0.15, 0.2) is 12.2 Å². The lowest BCUT2D eigenvalue weighted by Crippen LogP contribution is -2.36. The van der Waals surface area contributed by atoms with E-state index in [4.69, 9.17) is 16.3 Å². The summed E-state index contributed by atoms with van der Waals surface area (Å²) in [6.07, 6.45) is 5.61. The second-order valence-electron chi connectivity index (χ2n) is 4.31. The maximum Gasteiger partial charge on any atom is 0.237 e. The summed E-state index contributed by atoms with van der Waals surface area (Å²) in [5, 5.41) is 0. The van der Waals surface area contributed by atoms with Crippen molar-refractivity contribution in [3.05, 3.63) is 12.2 Å². The van der Waals surface area contributed by atoms with Crippen molar-refractivity contribution in [1.29, 1.82) is 0 Å². The molecule has 3 nitrogen and oxygen atoms in total. The molecule has 0 aliphatic carbocycles. The quantitative estimate of drug-likeness (QED) is 0.476. The highest BCUT2D eigenvalue weighted by Gasteiger charge is 2.55. The molecule has 2 fully saturated rings. The molecule has 1 spiro atoms. The Kier molecular flexibility index (Phi) is 1.71. The minimum Gasteiger partial charge on any atom is -0.361 e. The van der Waals surface area contributed by atoms with Gasteiger partial charge in [0.15, 0.2) is 0 Å². The van der Waals surface area contributed by atoms with Gasteiger partial charge in [-0.2, -0.15) is 0 Å². The van der Waals surface area contributed by atoms with Crippen molar-refractivity contribution < 1.29 is 9.53 Å². The molecule has 3 aliphatic heterocycles. The molecule has 0 aromatic carbocycles. The first-order valence-corrected chi connectivity index (χ1v) is 5.48. The first-order valence-electron chi connectivity index (χ1n) is 4.94. The molecular weight excluding hydrogens is 202 g/mol. The average Bonchev–Trinajstić information content (AvgIpc) is 2.80. The van der Waals surface area contributed by atoms with E-state index in [0.29, 0.717) is 18.6 Å². The van der Waals surface area contributed by atoms with Crippen LogP contribution in [-0.4, -0.2) is 41.5 Å². The number of likely N-dealkylation sites (tertiary alicyclic amines) is 1. The minimum absolute atomic E-state index is 0.0240. The number of hydrogen-bond acceptors (Lipinski definition) is 2. The third-order valence-corrected chi connectivity index (χ3v) is 3.75. The van der Waals surface area contributed by atoms with Gasteiger partial charge in [-0.1, -0.05) is 12.2 Å². The zero-order chi connectivity index (χ0) is 9.76. The lowest BCUT2D eigenvalue weighted by molar-refractivity contribution is -0.128. The molecule has 2 bridgehead atoms. The number of carbonyl (C=O) groups is 1. The molecule has 3 unspecified atom stereocenters. The van der Waals surface area contributed by atoms with Gasteiger partial charge in [-0.15, -0.1) is 11.6 Å². The number of hydrogen-bond donors (Lipinski definition) is 0. The maximum atomic E-state index is 11.4. The Labute approximate surface area is 87.7 Å². The molecule has 3 rings (SSSR count). The highest BCUT2D eigenvalue weighted by Crippen LogP contribution is 2.47. The summed E-state index contributed by atoms with van der Waals surface area (Å²) in [5.41, 5.74) is -0.160. The van der Waals surface area contributed by atoms with Crippen LogP contribution in [0.3, 0.4) is 0 Å². The zero-order valence-corrected chi connectivity index (χ0v) is 8.54. The van der Waals surface area contributed by atoms with Crippen molar-refractivity contribution in [3.8, 4) is 0 Å². The lowest BCUT2D eigenvalue weighted by Gasteiger charge is -2.21. The van der Waals surface area contributed by atoms with Gasteiger partial charge in [0.2, 0.25) is 5.91 Å². The summed E-state index contributed by atoms with van der Waals surface area (Å²) in [5.74, 6) is 0.594. The van der Waals surface area contributed by atoms with Gasteiger partial charge in [-0.05, 0) is 6.42 Å². The van der Waals surface area contributed by atoms with E-state index in [1.54, 1.807) is 0 Å². The number of rotatable bonds is 1. The van der Waals surface area contributed by atoms with E-state index in [9.17, 15) is 4.79 Å². The van der Waals surface area contributed by atoms with Gasteiger partial charge in [0, 0.05) is 12.5 Å². The molecule has 0 aromatic rings. The van der Waals surface area contributed by atoms with Crippen molar-refractivity contribution in [3.63, 3.8) is 0 Å². The number of nitrogens with zero attached hydrogens (tertiary/aromatic N) is 1. The van der Waals surface area contributed by atoms with Crippen LogP contribution < -0.4 is 0 Å². The van der Waals surface area contributed by atoms with Crippen LogP contribution in [0.5, 0.6) is 0 Å². The van der Waals surface area contributed by atoms with E-state index in [1.165, 1.54) is 0 Å². The number of ether oxygens (including phenoxy) is 1. The van der Waals surface area contributed by atoms with E-state index in [-0.39, 0.29) is 17.4 Å². The number of fused-ring (bicyclic) bond motifs is 1. The summed E-state index contributed by atoms with van der Waals surface area (Å²) >= 11 is 5.54. The number of alkyl halides is 1. The fraction of sp³-hybridized carbons (Fsp3) is 0.700. The third kappa shape index (κ3) is 0.997. The lowest BCUT2D eigenvalue weighted by atomic mass is 9.86. The normalized spacial score (nSPS) is 43.4. The van der Waals surface area contributed by atoms with Crippen LogP contribution in [0.2, 0.25) is 0 Å². The fourth-order valence-corrected chi connectivity index (χ4v) is 2.99. The van der Waals surface area contributed by atoms with Crippen LogP contribution in [0.1, 0.15) is 6.42 Å². The first kappa shape index (κ1) is 8.74. The molecule has 0 saturated carbocycles. The molecule has 76 valence electrons. The molecule has 0 aromatic heterocycles. The first-order chi connectivity index (χ1) is 6.73. The largest absolute Gasteiger partial charge is 0.361 e. The summed E-state index contributed by atoms with van der Waals surface area (Å²) in [7, 11) is 0. The Morgan fingerprint density at radius 2 is 2.57 bits per heavy atom. The average molecular weight is 214 g/mol. The Balaban J connectivity index is 1.82. The standard InChI is InChI=1S/C10H12ClNO2/c11-4-9(13)12-5-7-3-8-1-2-10(7,6-12)14-8/h1-2,7-8H,3-6H2. The molecular formula is C10H12ClNO2. The van der Waals surface area contributed by atoms with Gasteiger partial charge >= 0.3 is 0 Å². The van der Waals surface area contributed by atoms with Crippen LogP contribution in [0.25, 0.3) is 0 Å². The second kappa shape index (κ2) is 2.74. The molecule has 3 heterocycles. The van der Waals surface area contributed by atoms with E-state index in [1.807, 2.05) is 4.90 Å². The predicted octanol–water partition coefficient (Wildman–Crippen LogP) is 0.781. The SMILES string of the molecule is O=C(CCl)N1CC2CC3C=CC2(C1)O3. The summed E-state index contributed by atoms with van der Waals surface area (Å²) < 4.78 is 5.86. The van der Waals surface area contributed by atoms with E-state index < -0.39 is 0 Å². The molecule has 0 N–H and O–H groups in total. The van der Waals surface area contributed by atoms with E-state index in [0.717, 1.165) is 13.0 Å². The maximum absolute atomic E-state index is 11.4. The van der Waals surface area contributed by atoms with Gasteiger partial charge in [0.05, 0.1) is 12.6 Å². The Hall–Kier alpha value is -0.540. The van der Waals surface area contributed by atoms with Crippen LogP contribution >= 0.6 is 11.6 Å². The van der Waals surface area contributed by atoms with Crippen molar-refractivity contribution >= 4 is 17.5 Å². The highest BCUT2D eigenvalue weighted by molar-refractivity contribution is 6.27. The molecule has 14 heavy (non-hydrogen) atoms. The smallest absolute Gasteiger partial charge is 0.237 e. The van der Waals surface area contributed by atoms with E-state index >= 15 is 0 Å². The van der Waals surface area contributed by atoms with Gasteiger partial charge < -0.3 is 9.64 Å². The minimum atomic E-state index is -0.160. The van der Waals surface area contributed by atoms with Crippen molar-refractivity contribution in [2.45, 2.75) is 18.1 Å². The molecule has 3 aliphatic rings. The molecule has 3 atom stereocenters. The molecule has 0 radical (unpaired) electrons. The van der Waals surface area contributed by atoms with E-state index in [2.05, 4.69) is 12.2 Å². The van der Waals surface area contributed by atoms with Gasteiger partial charge in [0.1, 0.15) is 11.5 Å². The van der Waals surface area contributed by atoms with Crippen molar-refractivity contribution in [1.82, 2.24) is 4.90 Å². The van der Waals surface area contributed by atoms with Gasteiger partial charge in [0.25, 0.3) is 0 Å². The molecule has 2 saturated heterocycles. The number of halogens is 1. The zero-order valence-electron chi connectivity index (χ0n) is 7.78. The van der Waals surface area contributed by atoms with Crippen LogP contribution in [-0.2, 0) is 9.53 Å². The highest BCUT2D eigenvalue weighted by atomic mass is 35.5. The second-order valence-corrected chi connectivity index (χ2v) is 4.58. The van der Waals surface area contributed by atoms with Crippen LogP contribution in [0.4, 0.5) is 0 Å². The van der Waals surface area contributed by atoms with Crippen molar-refractivity contribution in [2.75, 3.05) is 19.0 Å². The van der Waals surface area contributed by atoms with Crippen molar-refractivity contribution in [2.24, 2.45) is 5.92 Å². The van der Waals surface area contributed by atoms with Crippen LogP contribution in [0, 0.1) is 5.92 Å². The summed E-state index contributed by atoms with van der Waals surface area (Å²) in [6, 6.07) is 0. The topological polar surface area (TPSA) is 29.5 Å². The fourth-order valence-electron chi connectivity index (χ4n) is 2.82.